The van der Waals surface area contributed by atoms with Gasteiger partial charge in [-0.2, -0.15) is 4.31 Å². The molecular formula is C18H19ClN2O3S. The molecule has 5 nitrogen and oxygen atoms in total. The molecule has 1 aliphatic heterocycles. The summed E-state index contributed by atoms with van der Waals surface area (Å²) in [7, 11) is -3.71. The van der Waals surface area contributed by atoms with E-state index in [4.69, 9.17) is 11.6 Å². The van der Waals surface area contributed by atoms with E-state index in [1.54, 1.807) is 54.6 Å². The summed E-state index contributed by atoms with van der Waals surface area (Å²) in [5.41, 5.74) is 0.556. The van der Waals surface area contributed by atoms with Crippen molar-refractivity contribution in [1.82, 2.24) is 4.31 Å². The average Bonchev–Trinajstić information content (AvgIpc) is 2.62. The molecule has 1 aliphatic rings. The molecule has 0 saturated carbocycles. The van der Waals surface area contributed by atoms with Gasteiger partial charge in [0.05, 0.1) is 4.90 Å². The molecule has 7 heteroatoms. The number of sulfonamides is 1. The molecule has 0 spiro atoms. The monoisotopic (exact) mass is 378 g/mol. The zero-order valence-corrected chi connectivity index (χ0v) is 15.1. The lowest BCUT2D eigenvalue weighted by atomic mass is 10.0. The van der Waals surface area contributed by atoms with E-state index >= 15 is 0 Å². The summed E-state index contributed by atoms with van der Waals surface area (Å²) in [6, 6.07) is 14.3. The van der Waals surface area contributed by atoms with Crippen LogP contribution in [0.15, 0.2) is 59.5 Å². The second-order valence-corrected chi connectivity index (χ2v) is 8.27. The van der Waals surface area contributed by atoms with Gasteiger partial charge in [0.15, 0.2) is 0 Å². The third-order valence-corrected chi connectivity index (χ3v) is 6.36. The highest BCUT2D eigenvalue weighted by atomic mass is 35.5. The number of carbonyl (C=O) groups is 1. The van der Waals surface area contributed by atoms with E-state index in [2.05, 4.69) is 5.32 Å². The molecular weight excluding hydrogens is 360 g/mol. The molecule has 0 radical (unpaired) electrons. The molecule has 1 atom stereocenters. The highest BCUT2D eigenvalue weighted by Crippen LogP contribution is 2.26. The van der Waals surface area contributed by atoms with Gasteiger partial charge in [-0.25, -0.2) is 8.42 Å². The summed E-state index contributed by atoms with van der Waals surface area (Å²) in [5, 5.41) is 3.29. The van der Waals surface area contributed by atoms with Gasteiger partial charge in [0, 0.05) is 17.3 Å². The average molecular weight is 379 g/mol. The first-order valence-electron chi connectivity index (χ1n) is 8.12. The Morgan fingerprint density at radius 1 is 1.08 bits per heavy atom. The standard InChI is InChI=1S/C18H19ClN2O3S/c19-14-7-6-8-15(13-14)20-18(22)17-11-4-5-12-21(17)25(23,24)16-9-2-1-3-10-16/h1-3,6-10,13,17H,4-5,11-12H2,(H,20,22)/t17-/m0/s1. The number of halogens is 1. The van der Waals surface area contributed by atoms with E-state index in [0.717, 1.165) is 12.8 Å². The molecule has 1 amide bonds. The summed E-state index contributed by atoms with van der Waals surface area (Å²) in [5.74, 6) is -0.332. The molecule has 1 N–H and O–H groups in total. The smallest absolute Gasteiger partial charge is 0.243 e. The maximum absolute atomic E-state index is 12.9. The fourth-order valence-corrected chi connectivity index (χ4v) is 4.84. The predicted molar refractivity (Wildman–Crippen MR) is 98.1 cm³/mol. The van der Waals surface area contributed by atoms with E-state index in [1.165, 1.54) is 4.31 Å². The van der Waals surface area contributed by atoms with Crippen molar-refractivity contribution in [3.63, 3.8) is 0 Å². The fraction of sp³-hybridized carbons (Fsp3) is 0.278. The van der Waals surface area contributed by atoms with Crippen LogP contribution >= 0.6 is 11.6 Å². The van der Waals surface area contributed by atoms with E-state index in [9.17, 15) is 13.2 Å². The number of anilines is 1. The zero-order valence-electron chi connectivity index (χ0n) is 13.6. The van der Waals surface area contributed by atoms with Gasteiger partial charge in [0.25, 0.3) is 0 Å². The highest BCUT2D eigenvalue weighted by molar-refractivity contribution is 7.89. The molecule has 1 heterocycles. The fourth-order valence-electron chi connectivity index (χ4n) is 2.97. The molecule has 0 aromatic heterocycles. The minimum Gasteiger partial charge on any atom is -0.325 e. The quantitative estimate of drug-likeness (QED) is 0.885. The lowest BCUT2D eigenvalue weighted by Gasteiger charge is -2.33. The number of hydrogen-bond donors (Lipinski definition) is 1. The highest BCUT2D eigenvalue weighted by Gasteiger charge is 2.37. The van der Waals surface area contributed by atoms with Crippen LogP contribution in [0.5, 0.6) is 0 Å². The van der Waals surface area contributed by atoms with Crippen molar-refractivity contribution in [2.45, 2.75) is 30.2 Å². The van der Waals surface area contributed by atoms with E-state index in [0.29, 0.717) is 23.7 Å². The number of rotatable bonds is 4. The minimum atomic E-state index is -3.71. The number of amides is 1. The Hall–Kier alpha value is -1.89. The van der Waals surface area contributed by atoms with Crippen LogP contribution in [0.3, 0.4) is 0 Å². The Bertz CT molecular complexity index is 856. The Labute approximate surface area is 152 Å². The van der Waals surface area contributed by atoms with Crippen LogP contribution in [-0.4, -0.2) is 31.2 Å². The Morgan fingerprint density at radius 3 is 2.56 bits per heavy atom. The second kappa shape index (κ2) is 7.56. The van der Waals surface area contributed by atoms with E-state index < -0.39 is 16.1 Å². The van der Waals surface area contributed by atoms with E-state index in [1.807, 2.05) is 0 Å². The van der Waals surface area contributed by atoms with Crippen molar-refractivity contribution in [3.8, 4) is 0 Å². The van der Waals surface area contributed by atoms with Gasteiger partial charge in [-0.15, -0.1) is 0 Å². The van der Waals surface area contributed by atoms with Gasteiger partial charge in [-0.1, -0.05) is 42.3 Å². The van der Waals surface area contributed by atoms with Crippen LogP contribution in [0, 0.1) is 0 Å². The predicted octanol–water partition coefficient (Wildman–Crippen LogP) is 3.52. The molecule has 0 aliphatic carbocycles. The second-order valence-electron chi connectivity index (χ2n) is 5.94. The number of nitrogens with zero attached hydrogens (tertiary/aromatic N) is 1. The summed E-state index contributed by atoms with van der Waals surface area (Å²) in [6.45, 7) is 0.338. The molecule has 2 aromatic carbocycles. The molecule has 132 valence electrons. The summed E-state index contributed by atoms with van der Waals surface area (Å²) >= 11 is 5.94. The number of hydrogen-bond acceptors (Lipinski definition) is 3. The molecule has 2 aromatic rings. The molecule has 0 unspecified atom stereocenters. The van der Waals surface area contributed by atoms with Crippen molar-refractivity contribution < 1.29 is 13.2 Å². The normalized spacial score (nSPS) is 18.7. The summed E-state index contributed by atoms with van der Waals surface area (Å²) in [4.78, 5) is 12.9. The first kappa shape index (κ1) is 17.9. The zero-order chi connectivity index (χ0) is 17.9. The van der Waals surface area contributed by atoms with Crippen LogP contribution in [-0.2, 0) is 14.8 Å². The number of piperidine rings is 1. The maximum Gasteiger partial charge on any atom is 0.243 e. The minimum absolute atomic E-state index is 0.206. The first-order chi connectivity index (χ1) is 12.0. The molecule has 1 saturated heterocycles. The van der Waals surface area contributed by atoms with Crippen LogP contribution in [0.2, 0.25) is 5.02 Å². The first-order valence-corrected chi connectivity index (χ1v) is 9.93. The third kappa shape index (κ3) is 4.03. The largest absolute Gasteiger partial charge is 0.325 e. The van der Waals surface area contributed by atoms with Gasteiger partial charge in [0.1, 0.15) is 6.04 Å². The molecule has 3 rings (SSSR count). The van der Waals surface area contributed by atoms with Crippen LogP contribution in [0.4, 0.5) is 5.69 Å². The van der Waals surface area contributed by atoms with Gasteiger partial charge in [-0.3, -0.25) is 4.79 Å². The number of benzene rings is 2. The number of nitrogens with one attached hydrogen (secondary N) is 1. The Kier molecular flexibility index (Phi) is 5.42. The van der Waals surface area contributed by atoms with Gasteiger partial charge < -0.3 is 5.32 Å². The van der Waals surface area contributed by atoms with Gasteiger partial charge in [0.2, 0.25) is 15.9 Å². The van der Waals surface area contributed by atoms with Crippen molar-refractivity contribution in [2.24, 2.45) is 0 Å². The SMILES string of the molecule is O=C(Nc1cccc(Cl)c1)[C@@H]1CCCCN1S(=O)(=O)c1ccccc1. The van der Waals surface area contributed by atoms with Crippen molar-refractivity contribution in [2.75, 3.05) is 11.9 Å². The van der Waals surface area contributed by atoms with Crippen LogP contribution in [0.25, 0.3) is 0 Å². The topological polar surface area (TPSA) is 66.5 Å². The summed E-state index contributed by atoms with van der Waals surface area (Å²) in [6.07, 6.45) is 2.06. The molecule has 1 fully saturated rings. The Morgan fingerprint density at radius 2 is 1.84 bits per heavy atom. The summed E-state index contributed by atoms with van der Waals surface area (Å²) < 4.78 is 27.2. The molecule has 0 bridgehead atoms. The van der Waals surface area contributed by atoms with Gasteiger partial charge in [-0.05, 0) is 43.2 Å². The maximum atomic E-state index is 12.9. The van der Waals surface area contributed by atoms with Crippen molar-refractivity contribution in [1.29, 1.82) is 0 Å². The van der Waals surface area contributed by atoms with Gasteiger partial charge >= 0.3 is 0 Å². The third-order valence-electron chi connectivity index (χ3n) is 4.20. The lowest BCUT2D eigenvalue weighted by Crippen LogP contribution is -2.49. The van der Waals surface area contributed by atoms with Crippen molar-refractivity contribution >= 4 is 33.2 Å². The van der Waals surface area contributed by atoms with Crippen LogP contribution < -0.4 is 5.32 Å². The molecule has 25 heavy (non-hydrogen) atoms. The van der Waals surface area contributed by atoms with Crippen LogP contribution in [0.1, 0.15) is 19.3 Å². The Balaban J connectivity index is 1.84. The van der Waals surface area contributed by atoms with E-state index in [-0.39, 0.29) is 10.8 Å². The number of carbonyl (C=O) groups excluding carboxylic acids is 1. The lowest BCUT2D eigenvalue weighted by molar-refractivity contribution is -0.120. The van der Waals surface area contributed by atoms with Crippen molar-refractivity contribution in [3.05, 3.63) is 59.6 Å².